The number of aliphatic carboxylic acids is 1. The minimum Gasteiger partial charge on any atom is -0.481 e. The maximum absolute atomic E-state index is 14.0. The van der Waals surface area contributed by atoms with Crippen molar-refractivity contribution in [2.24, 2.45) is 16.7 Å². The molecule has 4 amide bonds. The summed E-state index contributed by atoms with van der Waals surface area (Å²) < 4.78 is 5.70. The molecule has 5 aliphatic rings. The second-order valence-electron chi connectivity index (χ2n) is 16.0. The van der Waals surface area contributed by atoms with E-state index in [9.17, 15) is 29.1 Å². The predicted octanol–water partition coefficient (Wildman–Crippen LogP) is 6.77. The first kappa shape index (κ1) is 36.6. The van der Waals surface area contributed by atoms with E-state index >= 15 is 0 Å². The predicted molar refractivity (Wildman–Crippen MR) is 209 cm³/mol. The number of fused-ring (bicyclic) bond motifs is 6. The number of rotatable bonds is 11. The fourth-order valence-corrected chi connectivity index (χ4v) is 9.56. The highest BCUT2D eigenvalue weighted by Gasteiger charge is 2.76. The molecule has 4 aromatic rings. The highest BCUT2D eigenvalue weighted by molar-refractivity contribution is 6.19. The van der Waals surface area contributed by atoms with Crippen LogP contribution in [-0.2, 0) is 23.9 Å². The number of halogens is 1. The molecule has 11 nitrogen and oxygen atoms in total. The molecule has 3 fully saturated rings. The van der Waals surface area contributed by atoms with E-state index in [2.05, 4.69) is 28.1 Å². The maximum Gasteiger partial charge on any atom is 0.407 e. The molecule has 1 heterocycles. The van der Waals surface area contributed by atoms with Crippen LogP contribution in [0.5, 0.6) is 0 Å². The average Bonchev–Trinajstić information content (AvgIpc) is 3.67. The minimum absolute atomic E-state index is 0.0958. The van der Waals surface area contributed by atoms with Crippen LogP contribution in [0.3, 0.4) is 0 Å². The van der Waals surface area contributed by atoms with E-state index < -0.39 is 46.8 Å². The number of carboxylic acids is 1. The van der Waals surface area contributed by atoms with Crippen LogP contribution in [0, 0.1) is 16.7 Å². The SMILES string of the molecule is CC(C)[C@H](NC(=O)OCC1c2ccccc2-c2ccccc21)C(=O)N[C@@H](C)C(=O)Nc1cc2c(c3ccccc13)[C@H](CCl)CN2C(=O)C12CC(C(=O)O)(C1)C2. The normalized spacial score (nSPS) is 22.7. The summed E-state index contributed by atoms with van der Waals surface area (Å²) in [4.78, 5) is 67.9. The van der Waals surface area contributed by atoms with Gasteiger partial charge in [0.2, 0.25) is 17.7 Å². The average molecular weight is 763 g/mol. The van der Waals surface area contributed by atoms with Gasteiger partial charge in [0, 0.05) is 35.3 Å². The van der Waals surface area contributed by atoms with Gasteiger partial charge in [-0.15, -0.1) is 11.6 Å². The van der Waals surface area contributed by atoms with Crippen molar-refractivity contribution in [1.82, 2.24) is 10.6 Å². The van der Waals surface area contributed by atoms with E-state index in [1.165, 1.54) is 0 Å². The lowest BCUT2D eigenvalue weighted by atomic mass is 9.34. The zero-order chi connectivity index (χ0) is 38.8. The summed E-state index contributed by atoms with van der Waals surface area (Å²) in [5.41, 5.74) is 4.90. The third kappa shape index (κ3) is 6.00. The summed E-state index contributed by atoms with van der Waals surface area (Å²) in [5, 5.41) is 19.7. The van der Waals surface area contributed by atoms with Crippen molar-refractivity contribution >= 4 is 63.5 Å². The third-order valence-corrected chi connectivity index (χ3v) is 12.5. The molecule has 1 aliphatic heterocycles. The third-order valence-electron chi connectivity index (χ3n) is 12.1. The van der Waals surface area contributed by atoms with Crippen LogP contribution in [-0.4, -0.2) is 66.0 Å². The topological polar surface area (TPSA) is 154 Å². The number of hydrogen-bond acceptors (Lipinski definition) is 6. The molecule has 0 radical (unpaired) electrons. The van der Waals surface area contributed by atoms with Gasteiger partial charge in [-0.1, -0.05) is 86.6 Å². The van der Waals surface area contributed by atoms with Crippen molar-refractivity contribution < 1.29 is 33.8 Å². The Hall–Kier alpha value is -5.42. The van der Waals surface area contributed by atoms with E-state index in [4.69, 9.17) is 16.3 Å². The van der Waals surface area contributed by atoms with Crippen LogP contribution in [0.4, 0.5) is 16.2 Å². The Bertz CT molecular complexity index is 2210. The monoisotopic (exact) mass is 762 g/mol. The first-order chi connectivity index (χ1) is 26.4. The minimum atomic E-state index is -0.994. The number of alkyl halides is 1. The second-order valence-corrected chi connectivity index (χ2v) is 16.3. The Balaban J connectivity index is 0.947. The first-order valence-electron chi connectivity index (χ1n) is 18.8. The van der Waals surface area contributed by atoms with Crippen LogP contribution < -0.4 is 20.9 Å². The van der Waals surface area contributed by atoms with Gasteiger partial charge >= 0.3 is 12.1 Å². The zero-order valence-electron chi connectivity index (χ0n) is 30.9. The van der Waals surface area contributed by atoms with Gasteiger partial charge in [0.25, 0.3) is 0 Å². The lowest BCUT2D eigenvalue weighted by Crippen LogP contribution is -2.70. The molecule has 284 valence electrons. The van der Waals surface area contributed by atoms with Crippen LogP contribution in [0.2, 0.25) is 0 Å². The number of anilines is 2. The Kier molecular flexibility index (Phi) is 9.11. The lowest BCUT2D eigenvalue weighted by Gasteiger charge is -2.67. The fraction of sp³-hybridized carbons (Fsp3) is 0.372. The summed E-state index contributed by atoms with van der Waals surface area (Å²) in [6, 6.07) is 23.5. The fourth-order valence-electron chi connectivity index (χ4n) is 9.31. The van der Waals surface area contributed by atoms with Crippen LogP contribution in [0.1, 0.15) is 68.6 Å². The van der Waals surface area contributed by atoms with Gasteiger partial charge in [-0.05, 0) is 71.4 Å². The number of hydrogen-bond donors (Lipinski definition) is 4. The zero-order valence-corrected chi connectivity index (χ0v) is 31.6. The highest BCUT2D eigenvalue weighted by Crippen LogP contribution is 2.74. The molecule has 4 aliphatic carbocycles. The summed E-state index contributed by atoms with van der Waals surface area (Å²) in [6.07, 6.45) is 0.248. The molecular formula is C43H43ClN4O7. The van der Waals surface area contributed by atoms with Crippen LogP contribution >= 0.6 is 11.6 Å². The summed E-state index contributed by atoms with van der Waals surface area (Å²) in [6.45, 7) is 5.61. The van der Waals surface area contributed by atoms with Crippen molar-refractivity contribution in [3.63, 3.8) is 0 Å². The Labute approximate surface area is 323 Å². The molecule has 55 heavy (non-hydrogen) atoms. The number of benzene rings is 4. The van der Waals surface area contributed by atoms with Crippen molar-refractivity contribution in [3.8, 4) is 11.1 Å². The molecule has 2 bridgehead atoms. The number of carbonyl (C=O) groups is 5. The molecule has 9 rings (SSSR count). The number of ether oxygens (including phenoxy) is 1. The second kappa shape index (κ2) is 13.7. The van der Waals surface area contributed by atoms with Gasteiger partial charge in [0.15, 0.2) is 0 Å². The van der Waals surface area contributed by atoms with E-state index in [-0.39, 0.29) is 36.1 Å². The van der Waals surface area contributed by atoms with Gasteiger partial charge < -0.3 is 30.7 Å². The molecular weight excluding hydrogens is 720 g/mol. The Morgan fingerprint density at radius 2 is 1.44 bits per heavy atom. The molecule has 0 saturated heterocycles. The van der Waals surface area contributed by atoms with Crippen LogP contribution in [0.15, 0.2) is 78.9 Å². The molecule has 3 atom stereocenters. The number of carboxylic acid groups (broad SMARTS) is 1. The number of amides is 4. The smallest absolute Gasteiger partial charge is 0.407 e. The molecule has 4 aromatic carbocycles. The molecule has 0 aromatic heterocycles. The Morgan fingerprint density at radius 3 is 2.04 bits per heavy atom. The summed E-state index contributed by atoms with van der Waals surface area (Å²) >= 11 is 6.46. The number of carbonyl (C=O) groups excluding carboxylic acids is 4. The quantitative estimate of drug-likeness (QED) is 0.123. The highest BCUT2D eigenvalue weighted by atomic mass is 35.5. The van der Waals surface area contributed by atoms with E-state index in [0.29, 0.717) is 37.2 Å². The first-order valence-corrected chi connectivity index (χ1v) is 19.3. The van der Waals surface area contributed by atoms with Crippen molar-refractivity contribution in [2.45, 2.75) is 64.0 Å². The van der Waals surface area contributed by atoms with Crippen molar-refractivity contribution in [2.75, 3.05) is 29.2 Å². The molecule has 4 N–H and O–H groups in total. The standard InChI is InChI=1S/C43H43ClN4O7/c1-23(2)36(47-41(54)55-19-32-28-12-6-4-10-26(28)27-11-5-7-13-29(27)32)38(50)45-24(3)37(49)46-33-16-34-35(31-15-9-8-14-30(31)33)25(17-44)18-48(34)39(51)42-20-43(21-42,22-42)40(52)53/h4-16,23-25,32,36H,17-22H2,1-3H3,(H,45,50)(H,46,49)(H,47,54)(H,52,53)/t24-,25+,36-,42?,43?/m0/s1. The van der Waals surface area contributed by atoms with Crippen molar-refractivity contribution in [1.29, 1.82) is 0 Å². The maximum atomic E-state index is 14.0. The number of nitrogens with one attached hydrogen (secondary N) is 3. The Morgan fingerprint density at radius 1 is 0.836 bits per heavy atom. The molecule has 0 unspecified atom stereocenters. The van der Waals surface area contributed by atoms with Gasteiger partial charge in [-0.3, -0.25) is 19.2 Å². The van der Waals surface area contributed by atoms with Gasteiger partial charge in [-0.25, -0.2) is 4.79 Å². The van der Waals surface area contributed by atoms with Crippen LogP contribution in [0.25, 0.3) is 21.9 Å². The van der Waals surface area contributed by atoms with Gasteiger partial charge in [0.1, 0.15) is 18.7 Å². The number of nitrogens with zero attached hydrogens (tertiary/aromatic N) is 1. The van der Waals surface area contributed by atoms with E-state index in [1.807, 2.05) is 60.7 Å². The van der Waals surface area contributed by atoms with Crippen molar-refractivity contribution in [3.05, 3.63) is 95.6 Å². The summed E-state index contributed by atoms with van der Waals surface area (Å²) in [5.74, 6) is -2.31. The lowest BCUT2D eigenvalue weighted by molar-refractivity contribution is -0.219. The molecule has 0 spiro atoms. The van der Waals surface area contributed by atoms with Gasteiger partial charge in [0.05, 0.1) is 16.5 Å². The van der Waals surface area contributed by atoms with Gasteiger partial charge in [-0.2, -0.15) is 0 Å². The largest absolute Gasteiger partial charge is 0.481 e. The van der Waals surface area contributed by atoms with E-state index in [0.717, 1.165) is 38.6 Å². The molecule has 12 heteroatoms. The molecule has 3 saturated carbocycles. The van der Waals surface area contributed by atoms with E-state index in [1.54, 1.807) is 31.7 Å². The number of alkyl carbamates (subject to hydrolysis) is 1. The summed E-state index contributed by atoms with van der Waals surface area (Å²) in [7, 11) is 0.